The molecule has 0 bridgehead atoms. The van der Waals surface area contributed by atoms with E-state index in [-0.39, 0.29) is 35.2 Å². The monoisotopic (exact) mass is 487 g/mol. The van der Waals surface area contributed by atoms with Crippen molar-refractivity contribution in [3.63, 3.8) is 0 Å². The summed E-state index contributed by atoms with van der Waals surface area (Å²) in [6.45, 7) is 10.7. The van der Waals surface area contributed by atoms with Crippen LogP contribution in [-0.2, 0) is 12.0 Å². The molecule has 0 atom stereocenters. The molecule has 7 heteroatoms. The van der Waals surface area contributed by atoms with E-state index in [4.69, 9.17) is 0 Å². The van der Waals surface area contributed by atoms with E-state index >= 15 is 0 Å². The quantitative estimate of drug-likeness (QED) is 0.271. The number of halogens is 2. The number of aryl methyl sites for hydroxylation is 3. The number of guanidine groups is 1. The van der Waals surface area contributed by atoms with E-state index in [1.807, 2.05) is 23.7 Å². The highest BCUT2D eigenvalue weighted by atomic mass is 127. The summed E-state index contributed by atoms with van der Waals surface area (Å²) in [7, 11) is 1.77. The SMILES string of the molecule is CN=C(NCCCn1nc(C)cc1C)NCC(C)(C)c1ccc(F)cc1.I. The minimum absolute atomic E-state index is 0. The van der Waals surface area contributed by atoms with Gasteiger partial charge in [0.1, 0.15) is 5.82 Å². The van der Waals surface area contributed by atoms with E-state index in [0.717, 1.165) is 36.7 Å². The lowest BCUT2D eigenvalue weighted by atomic mass is 9.84. The van der Waals surface area contributed by atoms with Gasteiger partial charge in [-0.3, -0.25) is 9.67 Å². The van der Waals surface area contributed by atoms with E-state index < -0.39 is 0 Å². The fourth-order valence-electron chi connectivity index (χ4n) is 2.87. The lowest BCUT2D eigenvalue weighted by Crippen LogP contribution is -2.43. The molecule has 0 saturated carbocycles. The van der Waals surface area contributed by atoms with Crippen molar-refractivity contribution >= 4 is 29.9 Å². The zero-order chi connectivity index (χ0) is 19.2. The summed E-state index contributed by atoms with van der Waals surface area (Å²) in [4.78, 5) is 4.28. The Morgan fingerprint density at radius 2 is 1.85 bits per heavy atom. The molecule has 0 unspecified atom stereocenters. The molecule has 2 aromatic rings. The second-order valence-corrected chi connectivity index (χ2v) is 7.25. The Balaban J connectivity index is 0.00000364. The molecule has 1 aromatic heterocycles. The van der Waals surface area contributed by atoms with Gasteiger partial charge >= 0.3 is 0 Å². The van der Waals surface area contributed by atoms with Gasteiger partial charge < -0.3 is 10.6 Å². The molecule has 0 fully saturated rings. The maximum Gasteiger partial charge on any atom is 0.191 e. The second-order valence-electron chi connectivity index (χ2n) is 7.25. The average Bonchev–Trinajstić information content (AvgIpc) is 2.92. The highest BCUT2D eigenvalue weighted by Gasteiger charge is 2.20. The average molecular weight is 487 g/mol. The third-order valence-electron chi connectivity index (χ3n) is 4.49. The normalized spacial score (nSPS) is 11.9. The van der Waals surface area contributed by atoms with Crippen LogP contribution in [0, 0.1) is 19.7 Å². The number of nitrogens with one attached hydrogen (secondary N) is 2. The number of aliphatic imine (C=N–C) groups is 1. The Labute approximate surface area is 178 Å². The summed E-state index contributed by atoms with van der Waals surface area (Å²) in [5, 5.41) is 11.2. The van der Waals surface area contributed by atoms with Crippen molar-refractivity contribution in [3.8, 4) is 0 Å². The fourth-order valence-corrected chi connectivity index (χ4v) is 2.87. The summed E-state index contributed by atoms with van der Waals surface area (Å²) in [6.07, 6.45) is 0.962. The molecule has 0 amide bonds. The Morgan fingerprint density at radius 1 is 1.19 bits per heavy atom. The van der Waals surface area contributed by atoms with Crippen LogP contribution in [0.5, 0.6) is 0 Å². The molecule has 150 valence electrons. The summed E-state index contributed by atoms with van der Waals surface area (Å²) < 4.78 is 15.1. The van der Waals surface area contributed by atoms with Crippen LogP contribution in [0.15, 0.2) is 35.3 Å². The summed E-state index contributed by atoms with van der Waals surface area (Å²) >= 11 is 0. The number of rotatable bonds is 7. The van der Waals surface area contributed by atoms with Crippen molar-refractivity contribution in [2.75, 3.05) is 20.1 Å². The van der Waals surface area contributed by atoms with Crippen LogP contribution < -0.4 is 10.6 Å². The number of benzene rings is 1. The van der Waals surface area contributed by atoms with Crippen LogP contribution >= 0.6 is 24.0 Å². The van der Waals surface area contributed by atoms with Crippen molar-refractivity contribution in [2.24, 2.45) is 4.99 Å². The first-order valence-corrected chi connectivity index (χ1v) is 9.03. The molecule has 0 saturated heterocycles. The molecule has 2 N–H and O–H groups in total. The highest BCUT2D eigenvalue weighted by molar-refractivity contribution is 14.0. The number of hydrogen-bond donors (Lipinski definition) is 2. The largest absolute Gasteiger partial charge is 0.356 e. The lowest BCUT2D eigenvalue weighted by Gasteiger charge is -2.26. The van der Waals surface area contributed by atoms with E-state index in [9.17, 15) is 4.39 Å². The third kappa shape index (κ3) is 7.12. The molecule has 0 aliphatic rings. The third-order valence-corrected chi connectivity index (χ3v) is 4.49. The van der Waals surface area contributed by atoms with Crippen molar-refractivity contribution in [2.45, 2.75) is 46.1 Å². The predicted molar refractivity (Wildman–Crippen MR) is 121 cm³/mol. The van der Waals surface area contributed by atoms with E-state index in [1.165, 1.54) is 17.8 Å². The van der Waals surface area contributed by atoms with Gasteiger partial charge in [0.15, 0.2) is 5.96 Å². The minimum atomic E-state index is -0.211. The van der Waals surface area contributed by atoms with Crippen LogP contribution in [0.1, 0.15) is 37.2 Å². The molecule has 2 rings (SSSR count). The van der Waals surface area contributed by atoms with E-state index in [2.05, 4.69) is 47.6 Å². The van der Waals surface area contributed by atoms with Gasteiger partial charge in [-0.15, -0.1) is 24.0 Å². The number of hydrogen-bond acceptors (Lipinski definition) is 2. The second kappa shape index (κ2) is 10.6. The van der Waals surface area contributed by atoms with Gasteiger partial charge in [-0.1, -0.05) is 26.0 Å². The van der Waals surface area contributed by atoms with E-state index in [0.29, 0.717) is 6.54 Å². The first-order valence-electron chi connectivity index (χ1n) is 9.03. The molecule has 0 spiro atoms. The topological polar surface area (TPSA) is 54.2 Å². The first kappa shape index (κ1) is 23.4. The molecule has 27 heavy (non-hydrogen) atoms. The van der Waals surface area contributed by atoms with Crippen molar-refractivity contribution < 1.29 is 4.39 Å². The zero-order valence-electron chi connectivity index (χ0n) is 16.8. The molecule has 0 aliphatic carbocycles. The zero-order valence-corrected chi connectivity index (χ0v) is 19.2. The first-order chi connectivity index (χ1) is 12.3. The van der Waals surface area contributed by atoms with Gasteiger partial charge in [-0.25, -0.2) is 4.39 Å². The Bertz CT molecular complexity index is 737. The Morgan fingerprint density at radius 3 is 2.41 bits per heavy atom. The molecular formula is C20H31FIN5. The van der Waals surface area contributed by atoms with Crippen molar-refractivity contribution in [1.82, 2.24) is 20.4 Å². The van der Waals surface area contributed by atoms with Gasteiger partial charge in [-0.05, 0) is 44.0 Å². The molecule has 1 aromatic carbocycles. The smallest absolute Gasteiger partial charge is 0.191 e. The van der Waals surface area contributed by atoms with Gasteiger partial charge in [-0.2, -0.15) is 5.10 Å². The van der Waals surface area contributed by atoms with Crippen LogP contribution in [0.3, 0.4) is 0 Å². The van der Waals surface area contributed by atoms with Crippen LogP contribution in [0.25, 0.3) is 0 Å². The van der Waals surface area contributed by atoms with Gasteiger partial charge in [0.05, 0.1) is 5.69 Å². The predicted octanol–water partition coefficient (Wildman–Crippen LogP) is 3.79. The summed E-state index contributed by atoms with van der Waals surface area (Å²) in [5.41, 5.74) is 3.20. The fraction of sp³-hybridized carbons (Fsp3) is 0.500. The standard InChI is InChI=1S/C20H30FN5.HI/c1-15-13-16(2)26(25-15)12-6-11-23-19(22-5)24-14-20(3,4)17-7-9-18(21)10-8-17;/h7-10,13H,6,11-12,14H2,1-5H3,(H2,22,23,24);1H. The van der Waals surface area contributed by atoms with Crippen LogP contribution in [0.2, 0.25) is 0 Å². The van der Waals surface area contributed by atoms with Gasteiger partial charge in [0.25, 0.3) is 0 Å². The van der Waals surface area contributed by atoms with E-state index in [1.54, 1.807) is 7.05 Å². The molecule has 5 nitrogen and oxygen atoms in total. The minimum Gasteiger partial charge on any atom is -0.356 e. The maximum atomic E-state index is 13.1. The maximum absolute atomic E-state index is 13.1. The van der Waals surface area contributed by atoms with Crippen LogP contribution in [0.4, 0.5) is 4.39 Å². The Kier molecular flexibility index (Phi) is 9.21. The summed E-state index contributed by atoms with van der Waals surface area (Å²) in [5.74, 6) is 0.561. The molecule has 0 aliphatic heterocycles. The molecule has 0 radical (unpaired) electrons. The van der Waals surface area contributed by atoms with Gasteiger partial charge in [0.2, 0.25) is 0 Å². The lowest BCUT2D eigenvalue weighted by molar-refractivity contribution is 0.504. The molecule has 1 heterocycles. The van der Waals surface area contributed by atoms with Crippen molar-refractivity contribution in [1.29, 1.82) is 0 Å². The Hall–Kier alpha value is -1.64. The van der Waals surface area contributed by atoms with Gasteiger partial charge in [0, 0.05) is 37.8 Å². The van der Waals surface area contributed by atoms with Crippen LogP contribution in [-0.4, -0.2) is 35.9 Å². The van der Waals surface area contributed by atoms with Crippen molar-refractivity contribution in [3.05, 3.63) is 53.1 Å². The highest BCUT2D eigenvalue weighted by Crippen LogP contribution is 2.22. The number of aromatic nitrogens is 2. The summed E-state index contributed by atoms with van der Waals surface area (Å²) in [6, 6.07) is 8.76. The molecular weight excluding hydrogens is 456 g/mol. The number of nitrogens with zero attached hydrogens (tertiary/aromatic N) is 3.